The van der Waals surface area contributed by atoms with Gasteiger partial charge >= 0.3 is 5.97 Å². The second-order valence-corrected chi connectivity index (χ2v) is 4.56. The molecule has 1 saturated carbocycles. The highest BCUT2D eigenvalue weighted by Gasteiger charge is 2.50. The van der Waals surface area contributed by atoms with Crippen LogP contribution in [0.1, 0.15) is 19.8 Å². The SMILES string of the molecule is CC(=O)NC(CO)[C@H]1C[C@@](O)(C(=O)O)C[C@@H]1N. The molecule has 1 aliphatic rings. The number of aliphatic hydroxyl groups excluding tert-OH is 1. The third-order valence-corrected chi connectivity index (χ3v) is 3.20. The monoisotopic (exact) mass is 246 g/mol. The van der Waals surface area contributed by atoms with Gasteiger partial charge in [0, 0.05) is 19.4 Å². The highest BCUT2D eigenvalue weighted by atomic mass is 16.4. The van der Waals surface area contributed by atoms with Gasteiger partial charge in [0.15, 0.2) is 5.60 Å². The Morgan fingerprint density at radius 1 is 1.53 bits per heavy atom. The van der Waals surface area contributed by atoms with Gasteiger partial charge in [0.25, 0.3) is 0 Å². The average Bonchev–Trinajstić information content (AvgIpc) is 2.52. The van der Waals surface area contributed by atoms with E-state index in [9.17, 15) is 14.7 Å². The normalized spacial score (nSPS) is 34.4. The summed E-state index contributed by atoms with van der Waals surface area (Å²) >= 11 is 0. The summed E-state index contributed by atoms with van der Waals surface area (Å²) in [5.41, 5.74) is 3.89. The van der Waals surface area contributed by atoms with Crippen molar-refractivity contribution in [1.82, 2.24) is 5.32 Å². The van der Waals surface area contributed by atoms with Crippen LogP contribution in [0.25, 0.3) is 0 Å². The van der Waals surface area contributed by atoms with E-state index in [4.69, 9.17) is 15.9 Å². The lowest BCUT2D eigenvalue weighted by molar-refractivity contribution is -0.158. The minimum Gasteiger partial charge on any atom is -0.479 e. The molecule has 1 aliphatic carbocycles. The summed E-state index contributed by atoms with van der Waals surface area (Å²) in [6, 6.07) is -1.20. The minimum atomic E-state index is -1.87. The summed E-state index contributed by atoms with van der Waals surface area (Å²) in [5.74, 6) is -2.11. The fraction of sp³-hybridized carbons (Fsp3) is 0.800. The number of aliphatic carboxylic acids is 1. The average molecular weight is 246 g/mol. The van der Waals surface area contributed by atoms with Gasteiger partial charge in [-0.2, -0.15) is 0 Å². The zero-order valence-corrected chi connectivity index (χ0v) is 9.59. The van der Waals surface area contributed by atoms with E-state index in [1.54, 1.807) is 0 Å². The van der Waals surface area contributed by atoms with E-state index in [1.165, 1.54) is 6.92 Å². The maximum absolute atomic E-state index is 10.9. The molecular formula is C10H18N2O5. The Hall–Kier alpha value is -1.18. The third-order valence-electron chi connectivity index (χ3n) is 3.20. The van der Waals surface area contributed by atoms with Crippen molar-refractivity contribution in [1.29, 1.82) is 0 Å². The van der Waals surface area contributed by atoms with Crippen LogP contribution >= 0.6 is 0 Å². The quantitative estimate of drug-likeness (QED) is 0.391. The molecule has 1 rings (SSSR count). The van der Waals surface area contributed by atoms with Crippen LogP contribution in [-0.2, 0) is 9.59 Å². The lowest BCUT2D eigenvalue weighted by Crippen LogP contribution is -2.46. The second-order valence-electron chi connectivity index (χ2n) is 4.56. The fourth-order valence-electron chi connectivity index (χ4n) is 2.33. The lowest BCUT2D eigenvalue weighted by Gasteiger charge is -2.25. The number of carbonyl (C=O) groups is 2. The van der Waals surface area contributed by atoms with E-state index in [-0.39, 0.29) is 25.4 Å². The van der Waals surface area contributed by atoms with Gasteiger partial charge in [0.1, 0.15) is 0 Å². The molecule has 6 N–H and O–H groups in total. The highest BCUT2D eigenvalue weighted by molar-refractivity contribution is 5.78. The van der Waals surface area contributed by atoms with E-state index < -0.39 is 29.6 Å². The second kappa shape index (κ2) is 4.99. The number of carbonyl (C=O) groups excluding carboxylic acids is 1. The first-order valence-corrected chi connectivity index (χ1v) is 5.39. The van der Waals surface area contributed by atoms with Gasteiger partial charge in [0.2, 0.25) is 5.91 Å². The van der Waals surface area contributed by atoms with Gasteiger partial charge in [-0.05, 0) is 12.3 Å². The van der Waals surface area contributed by atoms with Crippen molar-refractivity contribution in [2.24, 2.45) is 11.7 Å². The summed E-state index contributed by atoms with van der Waals surface area (Å²) in [6.45, 7) is 0.959. The van der Waals surface area contributed by atoms with E-state index in [0.29, 0.717) is 0 Å². The molecule has 0 aromatic heterocycles. The molecule has 0 bridgehead atoms. The first-order chi connectivity index (χ1) is 7.80. The number of nitrogens with one attached hydrogen (secondary N) is 1. The number of aliphatic hydroxyl groups is 2. The van der Waals surface area contributed by atoms with Crippen molar-refractivity contribution < 1.29 is 24.9 Å². The molecule has 0 spiro atoms. The molecule has 98 valence electrons. The predicted octanol–water partition coefficient (Wildman–Crippen LogP) is -1.96. The predicted molar refractivity (Wildman–Crippen MR) is 58.0 cm³/mol. The van der Waals surface area contributed by atoms with Crippen LogP contribution < -0.4 is 11.1 Å². The maximum Gasteiger partial charge on any atom is 0.335 e. The van der Waals surface area contributed by atoms with Crippen LogP contribution in [0.4, 0.5) is 0 Å². The van der Waals surface area contributed by atoms with Crippen LogP contribution in [0.3, 0.4) is 0 Å². The molecule has 1 unspecified atom stereocenters. The molecule has 1 fully saturated rings. The van der Waals surface area contributed by atoms with Gasteiger partial charge in [-0.15, -0.1) is 0 Å². The number of carboxylic acid groups (broad SMARTS) is 1. The molecule has 0 aromatic rings. The smallest absolute Gasteiger partial charge is 0.335 e. The van der Waals surface area contributed by atoms with Gasteiger partial charge in [-0.25, -0.2) is 4.79 Å². The van der Waals surface area contributed by atoms with Crippen LogP contribution in [0.5, 0.6) is 0 Å². The molecule has 1 amide bonds. The van der Waals surface area contributed by atoms with Crippen molar-refractivity contribution in [3.63, 3.8) is 0 Å². The van der Waals surface area contributed by atoms with E-state index in [0.717, 1.165) is 0 Å². The Labute approximate surface area is 98.6 Å². The number of amides is 1. The Bertz CT molecular complexity index is 322. The number of rotatable bonds is 4. The van der Waals surface area contributed by atoms with Gasteiger partial charge < -0.3 is 26.4 Å². The van der Waals surface area contributed by atoms with Gasteiger partial charge in [-0.3, -0.25) is 4.79 Å². The largest absolute Gasteiger partial charge is 0.479 e. The molecule has 0 aliphatic heterocycles. The standard InChI is InChI=1S/C10H18N2O5/c1-5(14)12-8(4-13)6-2-10(17,9(15)16)3-7(6)11/h6-8,13,17H,2-4,11H2,1H3,(H,12,14)(H,15,16)/t6-,7-,8?,10-/m0/s1. The van der Waals surface area contributed by atoms with Crippen molar-refractivity contribution in [3.8, 4) is 0 Å². The first-order valence-electron chi connectivity index (χ1n) is 5.39. The summed E-state index contributed by atoms with van der Waals surface area (Å²) in [6.07, 6.45) is -0.155. The van der Waals surface area contributed by atoms with Crippen LogP contribution in [0.2, 0.25) is 0 Å². The van der Waals surface area contributed by atoms with Crippen LogP contribution in [-0.4, -0.2) is 51.5 Å². The fourth-order valence-corrected chi connectivity index (χ4v) is 2.33. The molecule has 7 nitrogen and oxygen atoms in total. The minimum absolute atomic E-state index is 0.0744. The summed E-state index contributed by atoms with van der Waals surface area (Å²) < 4.78 is 0. The summed E-state index contributed by atoms with van der Waals surface area (Å²) in [7, 11) is 0. The summed E-state index contributed by atoms with van der Waals surface area (Å²) in [5, 5.41) is 30.4. The molecular weight excluding hydrogens is 228 g/mol. The van der Waals surface area contributed by atoms with Gasteiger partial charge in [0.05, 0.1) is 12.6 Å². The Morgan fingerprint density at radius 3 is 2.47 bits per heavy atom. The molecule has 0 aromatic carbocycles. The molecule has 0 radical (unpaired) electrons. The summed E-state index contributed by atoms with van der Waals surface area (Å²) in [4.78, 5) is 21.8. The number of hydrogen-bond donors (Lipinski definition) is 5. The van der Waals surface area contributed by atoms with E-state index >= 15 is 0 Å². The van der Waals surface area contributed by atoms with Crippen LogP contribution in [0.15, 0.2) is 0 Å². The molecule has 7 heteroatoms. The van der Waals surface area contributed by atoms with Crippen molar-refractivity contribution in [2.45, 2.75) is 37.5 Å². The third kappa shape index (κ3) is 2.93. The van der Waals surface area contributed by atoms with Crippen molar-refractivity contribution in [2.75, 3.05) is 6.61 Å². The molecule has 0 saturated heterocycles. The van der Waals surface area contributed by atoms with E-state index in [2.05, 4.69) is 5.32 Å². The van der Waals surface area contributed by atoms with Crippen LogP contribution in [0, 0.1) is 5.92 Å². The number of hydrogen-bond acceptors (Lipinski definition) is 5. The molecule has 17 heavy (non-hydrogen) atoms. The number of carboxylic acids is 1. The topological polar surface area (TPSA) is 133 Å². The van der Waals surface area contributed by atoms with E-state index in [1.807, 2.05) is 0 Å². The Balaban J connectivity index is 2.78. The molecule has 0 heterocycles. The Morgan fingerprint density at radius 2 is 2.12 bits per heavy atom. The highest BCUT2D eigenvalue weighted by Crippen LogP contribution is 2.35. The lowest BCUT2D eigenvalue weighted by atomic mass is 9.93. The van der Waals surface area contributed by atoms with Crippen molar-refractivity contribution in [3.05, 3.63) is 0 Å². The zero-order chi connectivity index (χ0) is 13.2. The van der Waals surface area contributed by atoms with Gasteiger partial charge in [-0.1, -0.05) is 0 Å². The number of nitrogens with two attached hydrogens (primary N) is 1. The first kappa shape index (κ1) is 13.9. The van der Waals surface area contributed by atoms with Crippen molar-refractivity contribution >= 4 is 11.9 Å². The molecule has 4 atom stereocenters. The maximum atomic E-state index is 10.9. The Kier molecular flexibility index (Phi) is 4.07. The zero-order valence-electron chi connectivity index (χ0n) is 9.59.